The van der Waals surface area contributed by atoms with Gasteiger partial charge < -0.3 is 9.88 Å². The normalized spacial score (nSPS) is 11.6. The molecule has 0 radical (unpaired) electrons. The van der Waals surface area contributed by atoms with Gasteiger partial charge in [0.05, 0.1) is 6.20 Å². The lowest BCUT2D eigenvalue weighted by Crippen LogP contribution is -2.12. The van der Waals surface area contributed by atoms with Crippen molar-refractivity contribution in [3.63, 3.8) is 0 Å². The van der Waals surface area contributed by atoms with Crippen molar-refractivity contribution in [2.24, 2.45) is 7.05 Å². The number of aryl methyl sites for hydroxylation is 2. The van der Waals surface area contributed by atoms with E-state index in [1.54, 1.807) is 0 Å². The fourth-order valence-corrected chi connectivity index (χ4v) is 3.47. The van der Waals surface area contributed by atoms with Crippen LogP contribution >= 0.6 is 0 Å². The Bertz CT molecular complexity index is 993. The van der Waals surface area contributed by atoms with Gasteiger partial charge in [-0.05, 0) is 30.7 Å². The Balaban J connectivity index is 1.62. The third kappa shape index (κ3) is 2.59. The van der Waals surface area contributed by atoms with E-state index >= 15 is 0 Å². The number of rotatable bonds is 5. The van der Waals surface area contributed by atoms with E-state index in [9.17, 15) is 0 Å². The Labute approximate surface area is 141 Å². The summed E-state index contributed by atoms with van der Waals surface area (Å²) in [5, 5.41) is 10.4. The number of fused-ring (bicyclic) bond motifs is 3. The van der Waals surface area contributed by atoms with E-state index < -0.39 is 0 Å². The largest absolute Gasteiger partial charge is 0.341 e. The molecule has 0 bridgehead atoms. The van der Waals surface area contributed by atoms with E-state index in [-0.39, 0.29) is 0 Å². The van der Waals surface area contributed by atoms with Gasteiger partial charge in [-0.25, -0.2) is 0 Å². The van der Waals surface area contributed by atoms with E-state index in [4.69, 9.17) is 0 Å². The second-order valence-electron chi connectivity index (χ2n) is 6.24. The van der Waals surface area contributed by atoms with Crippen LogP contribution in [0, 0.1) is 0 Å². The molecule has 0 spiro atoms. The monoisotopic (exact) mass is 318 g/mol. The molecular weight excluding hydrogens is 296 g/mol. The molecule has 0 saturated carbocycles. The molecule has 4 rings (SSSR count). The Morgan fingerprint density at radius 1 is 0.958 bits per heavy atom. The van der Waals surface area contributed by atoms with Gasteiger partial charge in [0.15, 0.2) is 0 Å². The molecule has 2 heterocycles. The van der Waals surface area contributed by atoms with Gasteiger partial charge in [-0.1, -0.05) is 24.3 Å². The molecule has 24 heavy (non-hydrogen) atoms. The SMILES string of the molecule is CCn1c2ccccc2c2cc(CNCc3cnn(C)c3)ccc21. The first-order chi connectivity index (χ1) is 11.8. The summed E-state index contributed by atoms with van der Waals surface area (Å²) in [6.07, 6.45) is 3.95. The highest BCUT2D eigenvalue weighted by Gasteiger charge is 2.09. The standard InChI is InChI=1S/C20H22N4/c1-3-24-19-7-5-4-6-17(19)18-10-15(8-9-20(18)24)11-21-12-16-13-22-23(2)14-16/h4-10,13-14,21H,3,11-12H2,1-2H3. The molecule has 0 amide bonds. The first kappa shape index (κ1) is 15.0. The lowest BCUT2D eigenvalue weighted by Gasteiger charge is -2.05. The topological polar surface area (TPSA) is 34.8 Å². The zero-order chi connectivity index (χ0) is 16.5. The lowest BCUT2D eigenvalue weighted by molar-refractivity contribution is 0.692. The maximum atomic E-state index is 4.20. The van der Waals surface area contributed by atoms with Crippen LogP contribution in [-0.2, 0) is 26.7 Å². The zero-order valence-corrected chi connectivity index (χ0v) is 14.2. The predicted octanol–water partition coefficient (Wildman–Crippen LogP) is 3.84. The molecule has 2 aromatic carbocycles. The van der Waals surface area contributed by atoms with Crippen molar-refractivity contribution in [2.45, 2.75) is 26.6 Å². The molecule has 0 aliphatic carbocycles. The summed E-state index contributed by atoms with van der Waals surface area (Å²) >= 11 is 0. The Morgan fingerprint density at radius 3 is 2.54 bits per heavy atom. The number of hydrogen-bond acceptors (Lipinski definition) is 2. The van der Waals surface area contributed by atoms with E-state index in [1.165, 1.54) is 32.9 Å². The minimum atomic E-state index is 0.836. The van der Waals surface area contributed by atoms with Crippen molar-refractivity contribution < 1.29 is 0 Å². The van der Waals surface area contributed by atoms with Crippen LogP contribution in [-0.4, -0.2) is 14.3 Å². The Hall–Kier alpha value is -2.59. The van der Waals surface area contributed by atoms with Gasteiger partial charge in [-0.3, -0.25) is 4.68 Å². The van der Waals surface area contributed by atoms with Gasteiger partial charge >= 0.3 is 0 Å². The van der Waals surface area contributed by atoms with Crippen LogP contribution in [0.3, 0.4) is 0 Å². The van der Waals surface area contributed by atoms with Crippen LogP contribution in [0.15, 0.2) is 54.9 Å². The molecule has 0 atom stereocenters. The second-order valence-corrected chi connectivity index (χ2v) is 6.24. The fourth-order valence-electron chi connectivity index (χ4n) is 3.47. The van der Waals surface area contributed by atoms with Crippen molar-refractivity contribution in [1.82, 2.24) is 19.7 Å². The highest BCUT2D eigenvalue weighted by atomic mass is 15.2. The highest BCUT2D eigenvalue weighted by molar-refractivity contribution is 6.08. The Kier molecular flexibility index (Phi) is 3.82. The van der Waals surface area contributed by atoms with E-state index in [1.807, 2.05) is 24.1 Å². The molecule has 0 aliphatic rings. The summed E-state index contributed by atoms with van der Waals surface area (Å²) in [5.41, 5.74) is 5.15. The minimum Gasteiger partial charge on any atom is -0.341 e. The summed E-state index contributed by atoms with van der Waals surface area (Å²) in [4.78, 5) is 0. The average Bonchev–Trinajstić information content (AvgIpc) is 3.15. The van der Waals surface area contributed by atoms with Crippen molar-refractivity contribution in [3.05, 3.63) is 66.0 Å². The van der Waals surface area contributed by atoms with Crippen molar-refractivity contribution in [2.75, 3.05) is 0 Å². The lowest BCUT2D eigenvalue weighted by atomic mass is 10.1. The van der Waals surface area contributed by atoms with Crippen molar-refractivity contribution in [1.29, 1.82) is 0 Å². The molecule has 4 aromatic rings. The number of benzene rings is 2. The molecule has 122 valence electrons. The molecule has 0 saturated heterocycles. The van der Waals surface area contributed by atoms with E-state index in [0.717, 1.165) is 19.6 Å². The molecule has 2 aromatic heterocycles. The van der Waals surface area contributed by atoms with Crippen molar-refractivity contribution >= 4 is 21.8 Å². The summed E-state index contributed by atoms with van der Waals surface area (Å²) in [7, 11) is 1.95. The van der Waals surface area contributed by atoms with E-state index in [2.05, 4.69) is 64.4 Å². The van der Waals surface area contributed by atoms with Crippen LogP contribution in [0.5, 0.6) is 0 Å². The summed E-state index contributed by atoms with van der Waals surface area (Å²) in [6.45, 7) is 4.89. The minimum absolute atomic E-state index is 0.836. The molecule has 0 fully saturated rings. The molecular formula is C20H22N4. The maximum absolute atomic E-state index is 4.20. The van der Waals surface area contributed by atoms with Gasteiger partial charge in [0.2, 0.25) is 0 Å². The average molecular weight is 318 g/mol. The smallest absolute Gasteiger partial charge is 0.0534 e. The van der Waals surface area contributed by atoms with Crippen LogP contribution in [0.25, 0.3) is 21.8 Å². The predicted molar refractivity (Wildman–Crippen MR) is 98.9 cm³/mol. The number of aromatic nitrogens is 3. The quantitative estimate of drug-likeness (QED) is 0.607. The van der Waals surface area contributed by atoms with Crippen LogP contribution in [0.1, 0.15) is 18.1 Å². The first-order valence-electron chi connectivity index (χ1n) is 8.44. The molecule has 4 heteroatoms. The van der Waals surface area contributed by atoms with Gasteiger partial charge in [0, 0.05) is 60.2 Å². The Morgan fingerprint density at radius 2 is 1.75 bits per heavy atom. The second kappa shape index (κ2) is 6.13. The third-order valence-electron chi connectivity index (χ3n) is 4.57. The molecule has 4 nitrogen and oxygen atoms in total. The maximum Gasteiger partial charge on any atom is 0.0534 e. The summed E-state index contributed by atoms with van der Waals surface area (Å²) < 4.78 is 4.22. The highest BCUT2D eigenvalue weighted by Crippen LogP contribution is 2.29. The number of hydrogen-bond donors (Lipinski definition) is 1. The fraction of sp³-hybridized carbons (Fsp3) is 0.250. The third-order valence-corrected chi connectivity index (χ3v) is 4.57. The van der Waals surface area contributed by atoms with Crippen LogP contribution < -0.4 is 5.32 Å². The van der Waals surface area contributed by atoms with Gasteiger partial charge in [-0.15, -0.1) is 0 Å². The van der Waals surface area contributed by atoms with Crippen LogP contribution in [0.2, 0.25) is 0 Å². The van der Waals surface area contributed by atoms with Gasteiger partial charge in [-0.2, -0.15) is 5.10 Å². The van der Waals surface area contributed by atoms with Crippen molar-refractivity contribution in [3.8, 4) is 0 Å². The number of nitrogens with one attached hydrogen (secondary N) is 1. The summed E-state index contributed by atoms with van der Waals surface area (Å²) in [5.74, 6) is 0. The van der Waals surface area contributed by atoms with Crippen LogP contribution in [0.4, 0.5) is 0 Å². The summed E-state index contributed by atoms with van der Waals surface area (Å²) in [6, 6.07) is 15.5. The van der Waals surface area contributed by atoms with Gasteiger partial charge in [0.1, 0.15) is 0 Å². The first-order valence-corrected chi connectivity index (χ1v) is 8.44. The molecule has 1 N–H and O–H groups in total. The number of para-hydroxylation sites is 1. The van der Waals surface area contributed by atoms with Gasteiger partial charge in [0.25, 0.3) is 0 Å². The number of nitrogens with zero attached hydrogens (tertiary/aromatic N) is 3. The van der Waals surface area contributed by atoms with E-state index in [0.29, 0.717) is 0 Å². The molecule has 0 aliphatic heterocycles. The zero-order valence-electron chi connectivity index (χ0n) is 14.2. The molecule has 0 unspecified atom stereocenters.